The highest BCUT2D eigenvalue weighted by Crippen LogP contribution is 2.22. The molecule has 1 aliphatic rings. The Kier molecular flexibility index (Phi) is 5.90. The van der Waals surface area contributed by atoms with E-state index in [1.165, 1.54) is 19.4 Å². The summed E-state index contributed by atoms with van der Waals surface area (Å²) in [6.07, 6.45) is 4.59. The van der Waals surface area contributed by atoms with E-state index in [2.05, 4.69) is 25.7 Å². The molecule has 1 fully saturated rings. The normalized spacial score (nSPS) is 24.9. The van der Waals surface area contributed by atoms with Crippen molar-refractivity contribution in [3.63, 3.8) is 0 Å². The minimum absolute atomic E-state index is 0.209. The first-order valence-corrected chi connectivity index (χ1v) is 7.02. The minimum Gasteiger partial charge on any atom is -0.396 e. The molecule has 0 spiro atoms. The first-order chi connectivity index (χ1) is 7.93. The van der Waals surface area contributed by atoms with Crippen molar-refractivity contribution in [1.29, 1.82) is 0 Å². The van der Waals surface area contributed by atoms with E-state index in [9.17, 15) is 0 Å². The molecule has 17 heavy (non-hydrogen) atoms. The fourth-order valence-electron chi connectivity index (χ4n) is 2.53. The molecule has 3 heteroatoms. The maximum atomic E-state index is 8.99. The molecule has 0 aromatic carbocycles. The number of hydrogen-bond acceptors (Lipinski definition) is 3. The smallest absolute Gasteiger partial charge is 0.0434 e. The summed E-state index contributed by atoms with van der Waals surface area (Å²) in [5, 5.41) is 8.99. The van der Waals surface area contributed by atoms with Crippen LogP contribution in [0.25, 0.3) is 0 Å². The van der Waals surface area contributed by atoms with E-state index in [0.717, 1.165) is 25.9 Å². The van der Waals surface area contributed by atoms with Gasteiger partial charge in [-0.1, -0.05) is 20.8 Å². The number of rotatable bonds is 5. The first kappa shape index (κ1) is 14.9. The third-order valence-corrected chi connectivity index (χ3v) is 4.01. The topological polar surface area (TPSA) is 49.5 Å². The molecule has 0 radical (unpaired) electrons. The molecule has 2 atom stereocenters. The lowest BCUT2D eigenvalue weighted by atomic mass is 9.85. The summed E-state index contributed by atoms with van der Waals surface area (Å²) in [6, 6.07) is 0.278. The van der Waals surface area contributed by atoms with Crippen molar-refractivity contribution >= 4 is 0 Å². The van der Waals surface area contributed by atoms with Crippen molar-refractivity contribution in [3.05, 3.63) is 0 Å². The van der Waals surface area contributed by atoms with Gasteiger partial charge in [0.25, 0.3) is 0 Å². The van der Waals surface area contributed by atoms with E-state index in [0.29, 0.717) is 12.5 Å². The van der Waals surface area contributed by atoms with Crippen LogP contribution in [0.15, 0.2) is 0 Å². The number of aliphatic hydroxyl groups excluding tert-OH is 1. The Hall–Kier alpha value is -0.120. The van der Waals surface area contributed by atoms with Crippen molar-refractivity contribution in [2.75, 3.05) is 26.2 Å². The average Bonchev–Trinajstić information content (AvgIpc) is 2.25. The summed E-state index contributed by atoms with van der Waals surface area (Å²) in [5.41, 5.74) is 6.40. The van der Waals surface area contributed by atoms with Gasteiger partial charge in [0.15, 0.2) is 0 Å². The van der Waals surface area contributed by atoms with E-state index in [1.807, 2.05) is 0 Å². The van der Waals surface area contributed by atoms with E-state index >= 15 is 0 Å². The second-order valence-corrected chi connectivity index (χ2v) is 6.58. The molecule has 1 saturated heterocycles. The lowest BCUT2D eigenvalue weighted by Gasteiger charge is -2.35. The number of piperidine rings is 1. The zero-order valence-corrected chi connectivity index (χ0v) is 11.8. The second-order valence-electron chi connectivity index (χ2n) is 6.58. The molecule has 1 rings (SSSR count). The molecule has 0 saturated carbocycles. The number of hydrogen-bond donors (Lipinski definition) is 2. The fraction of sp³-hybridized carbons (Fsp3) is 1.00. The number of nitrogens with two attached hydrogens (primary N) is 1. The number of aliphatic hydroxyl groups is 1. The van der Waals surface area contributed by atoms with Crippen LogP contribution in [0.2, 0.25) is 0 Å². The molecule has 0 amide bonds. The van der Waals surface area contributed by atoms with Crippen molar-refractivity contribution in [1.82, 2.24) is 4.90 Å². The van der Waals surface area contributed by atoms with Gasteiger partial charge in [-0.15, -0.1) is 0 Å². The molecule has 1 heterocycles. The Morgan fingerprint density at radius 3 is 2.71 bits per heavy atom. The van der Waals surface area contributed by atoms with Gasteiger partial charge in [-0.2, -0.15) is 0 Å². The van der Waals surface area contributed by atoms with E-state index < -0.39 is 0 Å². The van der Waals surface area contributed by atoms with Gasteiger partial charge in [0, 0.05) is 19.2 Å². The predicted molar refractivity (Wildman–Crippen MR) is 72.9 cm³/mol. The highest BCUT2D eigenvalue weighted by atomic mass is 16.3. The van der Waals surface area contributed by atoms with Crippen LogP contribution in [0.5, 0.6) is 0 Å². The monoisotopic (exact) mass is 242 g/mol. The Morgan fingerprint density at radius 2 is 2.12 bits per heavy atom. The first-order valence-electron chi connectivity index (χ1n) is 7.02. The van der Waals surface area contributed by atoms with Crippen molar-refractivity contribution in [2.45, 2.75) is 52.5 Å². The predicted octanol–water partition coefficient (Wildman–Crippen LogP) is 1.84. The number of likely N-dealkylation sites (tertiary alicyclic amines) is 1. The third-order valence-electron chi connectivity index (χ3n) is 4.01. The van der Waals surface area contributed by atoms with Crippen LogP contribution in [0.3, 0.4) is 0 Å². The minimum atomic E-state index is 0.209. The molecule has 3 nitrogen and oxygen atoms in total. The second kappa shape index (κ2) is 6.72. The molecule has 0 aromatic heterocycles. The Balaban J connectivity index is 2.27. The fourth-order valence-corrected chi connectivity index (χ4v) is 2.53. The van der Waals surface area contributed by atoms with E-state index in [-0.39, 0.29) is 11.5 Å². The summed E-state index contributed by atoms with van der Waals surface area (Å²) in [7, 11) is 0. The zero-order chi connectivity index (χ0) is 12.9. The van der Waals surface area contributed by atoms with Crippen molar-refractivity contribution in [2.24, 2.45) is 17.1 Å². The van der Waals surface area contributed by atoms with Gasteiger partial charge in [-0.05, 0) is 50.1 Å². The molecule has 3 N–H and O–H groups in total. The maximum Gasteiger partial charge on any atom is 0.0434 e. The third kappa shape index (κ3) is 5.36. The summed E-state index contributed by atoms with van der Waals surface area (Å²) in [5.74, 6) is 0.694. The summed E-state index contributed by atoms with van der Waals surface area (Å²) in [4.78, 5) is 2.52. The van der Waals surface area contributed by atoms with Gasteiger partial charge >= 0.3 is 0 Å². The van der Waals surface area contributed by atoms with Crippen LogP contribution < -0.4 is 5.73 Å². The summed E-state index contributed by atoms with van der Waals surface area (Å²) < 4.78 is 0. The van der Waals surface area contributed by atoms with Gasteiger partial charge < -0.3 is 15.7 Å². The van der Waals surface area contributed by atoms with E-state index in [1.54, 1.807) is 0 Å². The molecule has 102 valence electrons. The van der Waals surface area contributed by atoms with Gasteiger partial charge in [0.1, 0.15) is 0 Å². The highest BCUT2D eigenvalue weighted by Gasteiger charge is 2.23. The largest absolute Gasteiger partial charge is 0.396 e. The quantitative estimate of drug-likeness (QED) is 0.773. The molecular weight excluding hydrogens is 212 g/mol. The lowest BCUT2D eigenvalue weighted by Crippen LogP contribution is -2.41. The van der Waals surface area contributed by atoms with Crippen LogP contribution in [-0.4, -0.2) is 42.3 Å². The Morgan fingerprint density at radius 1 is 1.41 bits per heavy atom. The van der Waals surface area contributed by atoms with Crippen LogP contribution in [0, 0.1) is 11.3 Å². The van der Waals surface area contributed by atoms with Gasteiger partial charge in [-0.25, -0.2) is 0 Å². The van der Waals surface area contributed by atoms with Crippen LogP contribution in [0.4, 0.5) is 0 Å². The SMILES string of the molecule is CC(C)(C)C(N)CCN1CCCC(CCO)C1. The molecule has 0 aromatic rings. The molecule has 2 unspecified atom stereocenters. The van der Waals surface area contributed by atoms with Gasteiger partial charge in [-0.3, -0.25) is 0 Å². The highest BCUT2D eigenvalue weighted by molar-refractivity contribution is 4.80. The Bertz CT molecular complexity index is 211. The lowest BCUT2D eigenvalue weighted by molar-refractivity contribution is 0.138. The summed E-state index contributed by atoms with van der Waals surface area (Å²) >= 11 is 0. The average molecular weight is 242 g/mol. The summed E-state index contributed by atoms with van der Waals surface area (Å²) in [6.45, 7) is 10.4. The van der Waals surface area contributed by atoms with E-state index in [4.69, 9.17) is 10.8 Å². The molecule has 0 bridgehead atoms. The van der Waals surface area contributed by atoms with Crippen LogP contribution in [0.1, 0.15) is 46.5 Å². The van der Waals surface area contributed by atoms with Gasteiger partial charge in [0.2, 0.25) is 0 Å². The van der Waals surface area contributed by atoms with Crippen LogP contribution >= 0.6 is 0 Å². The maximum absolute atomic E-state index is 8.99. The van der Waals surface area contributed by atoms with Crippen molar-refractivity contribution < 1.29 is 5.11 Å². The molecule has 0 aliphatic carbocycles. The van der Waals surface area contributed by atoms with Crippen molar-refractivity contribution in [3.8, 4) is 0 Å². The number of nitrogens with zero attached hydrogens (tertiary/aromatic N) is 1. The Labute approximate surface area is 106 Å². The standard InChI is InChI=1S/C14H30N2O/c1-14(2,3)13(15)6-9-16-8-4-5-12(11-16)7-10-17/h12-13,17H,4-11,15H2,1-3H3. The zero-order valence-electron chi connectivity index (χ0n) is 11.8. The van der Waals surface area contributed by atoms with Gasteiger partial charge in [0.05, 0.1) is 0 Å². The molecular formula is C14H30N2O. The molecule has 1 aliphatic heterocycles. The van der Waals surface area contributed by atoms with Crippen LogP contribution in [-0.2, 0) is 0 Å².